The molecular formula is C17H23NO2. The summed E-state index contributed by atoms with van der Waals surface area (Å²) >= 11 is 0. The zero-order chi connectivity index (χ0) is 13.8. The number of likely N-dealkylation sites (tertiary alicyclic amines) is 1. The monoisotopic (exact) mass is 273 g/mol. The van der Waals surface area contributed by atoms with Gasteiger partial charge in [0, 0.05) is 19.7 Å². The highest BCUT2D eigenvalue weighted by Gasteiger charge is 2.30. The highest BCUT2D eigenvalue weighted by molar-refractivity contribution is 5.79. The summed E-state index contributed by atoms with van der Waals surface area (Å²) in [5.74, 6) is 1.17. The zero-order valence-corrected chi connectivity index (χ0v) is 12.0. The van der Waals surface area contributed by atoms with Crippen LogP contribution in [-0.4, -0.2) is 37.1 Å². The lowest BCUT2D eigenvalue weighted by Crippen LogP contribution is -2.42. The van der Waals surface area contributed by atoms with Gasteiger partial charge in [0.25, 0.3) is 0 Å². The Morgan fingerprint density at radius 2 is 1.90 bits per heavy atom. The minimum absolute atomic E-state index is 0.126. The van der Waals surface area contributed by atoms with Crippen LogP contribution < -0.4 is 0 Å². The van der Waals surface area contributed by atoms with E-state index >= 15 is 0 Å². The maximum atomic E-state index is 12.3. The third kappa shape index (κ3) is 3.21. The molecule has 0 radical (unpaired) electrons. The minimum atomic E-state index is 0.126. The number of carbonyl (C=O) groups is 1. The Labute approximate surface area is 120 Å². The molecule has 1 atom stereocenters. The first kappa shape index (κ1) is 13.6. The SMILES string of the molecule is O=C(C1CCOC1)N1CCC(Cc2ccccc2)CC1. The molecule has 0 bridgehead atoms. The van der Waals surface area contributed by atoms with Crippen molar-refractivity contribution >= 4 is 5.91 Å². The topological polar surface area (TPSA) is 29.5 Å². The largest absolute Gasteiger partial charge is 0.381 e. The summed E-state index contributed by atoms with van der Waals surface area (Å²) in [6, 6.07) is 10.7. The average molecular weight is 273 g/mol. The first-order valence-electron chi connectivity index (χ1n) is 7.73. The van der Waals surface area contributed by atoms with Gasteiger partial charge in [-0.25, -0.2) is 0 Å². The van der Waals surface area contributed by atoms with Crippen LogP contribution in [0.5, 0.6) is 0 Å². The average Bonchev–Trinajstić information content (AvgIpc) is 3.03. The fourth-order valence-electron chi connectivity index (χ4n) is 3.29. The summed E-state index contributed by atoms with van der Waals surface area (Å²) in [5, 5.41) is 0. The molecule has 2 heterocycles. The second-order valence-electron chi connectivity index (χ2n) is 6.02. The molecule has 0 aromatic heterocycles. The van der Waals surface area contributed by atoms with Crippen LogP contribution in [0.15, 0.2) is 30.3 Å². The number of hydrogen-bond acceptors (Lipinski definition) is 2. The Balaban J connectivity index is 1.48. The number of nitrogens with zero attached hydrogens (tertiary/aromatic N) is 1. The Morgan fingerprint density at radius 1 is 1.15 bits per heavy atom. The predicted molar refractivity (Wildman–Crippen MR) is 78.4 cm³/mol. The van der Waals surface area contributed by atoms with Crippen LogP contribution in [-0.2, 0) is 16.0 Å². The normalized spacial score (nSPS) is 24.0. The molecule has 3 nitrogen and oxygen atoms in total. The molecule has 20 heavy (non-hydrogen) atoms. The lowest BCUT2D eigenvalue weighted by atomic mass is 9.89. The maximum Gasteiger partial charge on any atom is 0.228 e. The molecule has 108 valence electrons. The highest BCUT2D eigenvalue weighted by atomic mass is 16.5. The fourth-order valence-corrected chi connectivity index (χ4v) is 3.29. The first-order valence-corrected chi connectivity index (χ1v) is 7.73. The van der Waals surface area contributed by atoms with Crippen molar-refractivity contribution < 1.29 is 9.53 Å². The molecule has 1 amide bonds. The van der Waals surface area contributed by atoms with Crippen molar-refractivity contribution in [2.45, 2.75) is 25.7 Å². The van der Waals surface area contributed by atoms with Crippen LogP contribution in [0.4, 0.5) is 0 Å². The van der Waals surface area contributed by atoms with Crippen molar-refractivity contribution in [3.8, 4) is 0 Å². The lowest BCUT2D eigenvalue weighted by Gasteiger charge is -2.33. The third-order valence-electron chi connectivity index (χ3n) is 4.57. The molecule has 2 aliphatic rings. The van der Waals surface area contributed by atoms with E-state index in [2.05, 4.69) is 35.2 Å². The Bertz CT molecular complexity index is 432. The molecule has 2 saturated heterocycles. The van der Waals surface area contributed by atoms with Crippen molar-refractivity contribution in [3.05, 3.63) is 35.9 Å². The maximum absolute atomic E-state index is 12.3. The van der Waals surface area contributed by atoms with Gasteiger partial charge in [0.2, 0.25) is 5.91 Å². The summed E-state index contributed by atoms with van der Waals surface area (Å²) in [6.07, 6.45) is 4.32. The van der Waals surface area contributed by atoms with Crippen LogP contribution in [0.3, 0.4) is 0 Å². The highest BCUT2D eigenvalue weighted by Crippen LogP contribution is 2.24. The van der Waals surface area contributed by atoms with E-state index in [1.54, 1.807) is 0 Å². The molecule has 3 heteroatoms. The standard InChI is InChI=1S/C17H23NO2/c19-17(16-8-11-20-13-16)18-9-6-15(7-10-18)12-14-4-2-1-3-5-14/h1-5,15-16H,6-13H2. The van der Waals surface area contributed by atoms with Gasteiger partial charge in [0.1, 0.15) is 0 Å². The molecule has 3 rings (SSSR count). The van der Waals surface area contributed by atoms with Gasteiger partial charge in [0.05, 0.1) is 12.5 Å². The molecular weight excluding hydrogens is 250 g/mol. The summed E-state index contributed by atoms with van der Waals surface area (Å²) in [7, 11) is 0. The Morgan fingerprint density at radius 3 is 2.55 bits per heavy atom. The molecule has 0 N–H and O–H groups in total. The molecule has 0 saturated carbocycles. The van der Waals surface area contributed by atoms with Gasteiger partial charge >= 0.3 is 0 Å². The Kier molecular flexibility index (Phi) is 4.36. The number of piperidine rings is 1. The second kappa shape index (κ2) is 6.40. The van der Waals surface area contributed by atoms with Crippen molar-refractivity contribution in [1.29, 1.82) is 0 Å². The minimum Gasteiger partial charge on any atom is -0.381 e. The summed E-state index contributed by atoms with van der Waals surface area (Å²) < 4.78 is 5.32. The van der Waals surface area contributed by atoms with Crippen LogP contribution in [0.2, 0.25) is 0 Å². The molecule has 1 aromatic rings. The molecule has 2 fully saturated rings. The van der Waals surface area contributed by atoms with Gasteiger partial charge in [-0.05, 0) is 37.2 Å². The van der Waals surface area contributed by atoms with Crippen molar-refractivity contribution in [1.82, 2.24) is 4.90 Å². The van der Waals surface area contributed by atoms with Gasteiger partial charge in [-0.1, -0.05) is 30.3 Å². The Hall–Kier alpha value is -1.35. The van der Waals surface area contributed by atoms with E-state index in [-0.39, 0.29) is 5.92 Å². The zero-order valence-electron chi connectivity index (χ0n) is 12.0. The van der Waals surface area contributed by atoms with E-state index < -0.39 is 0 Å². The number of ether oxygens (including phenoxy) is 1. The van der Waals surface area contributed by atoms with Crippen LogP contribution >= 0.6 is 0 Å². The van der Waals surface area contributed by atoms with E-state index in [4.69, 9.17) is 4.74 Å². The number of carbonyl (C=O) groups excluding carboxylic acids is 1. The molecule has 1 unspecified atom stereocenters. The van der Waals surface area contributed by atoms with Gasteiger partial charge in [-0.3, -0.25) is 4.79 Å². The predicted octanol–water partition coefficient (Wildman–Crippen LogP) is 2.50. The smallest absolute Gasteiger partial charge is 0.228 e. The first-order chi connectivity index (χ1) is 9.83. The van der Waals surface area contributed by atoms with E-state index in [0.717, 1.165) is 51.3 Å². The van der Waals surface area contributed by atoms with Crippen molar-refractivity contribution in [2.75, 3.05) is 26.3 Å². The van der Waals surface area contributed by atoms with Gasteiger partial charge in [-0.15, -0.1) is 0 Å². The van der Waals surface area contributed by atoms with Crippen LogP contribution in [0.1, 0.15) is 24.8 Å². The third-order valence-corrected chi connectivity index (χ3v) is 4.57. The second-order valence-corrected chi connectivity index (χ2v) is 6.02. The quantitative estimate of drug-likeness (QED) is 0.847. The fraction of sp³-hybridized carbons (Fsp3) is 0.588. The summed E-state index contributed by atoms with van der Waals surface area (Å²) in [4.78, 5) is 14.4. The van der Waals surface area contributed by atoms with Crippen LogP contribution in [0, 0.1) is 11.8 Å². The van der Waals surface area contributed by atoms with E-state index in [1.807, 2.05) is 0 Å². The number of benzene rings is 1. The van der Waals surface area contributed by atoms with E-state index in [9.17, 15) is 4.79 Å². The van der Waals surface area contributed by atoms with Gasteiger partial charge in [0.15, 0.2) is 0 Å². The summed E-state index contributed by atoms with van der Waals surface area (Å²) in [5.41, 5.74) is 1.42. The molecule has 1 aromatic carbocycles. The molecule has 0 spiro atoms. The lowest BCUT2D eigenvalue weighted by molar-refractivity contribution is -0.136. The summed E-state index contributed by atoms with van der Waals surface area (Å²) in [6.45, 7) is 3.23. The number of hydrogen-bond donors (Lipinski definition) is 0. The van der Waals surface area contributed by atoms with Crippen molar-refractivity contribution in [2.24, 2.45) is 11.8 Å². The van der Waals surface area contributed by atoms with Gasteiger partial charge < -0.3 is 9.64 Å². The number of rotatable bonds is 3. The van der Waals surface area contributed by atoms with Crippen molar-refractivity contribution in [3.63, 3.8) is 0 Å². The van der Waals surface area contributed by atoms with Crippen LogP contribution in [0.25, 0.3) is 0 Å². The van der Waals surface area contributed by atoms with E-state index in [0.29, 0.717) is 12.5 Å². The molecule has 0 aliphatic carbocycles. The number of amides is 1. The molecule has 2 aliphatic heterocycles. The van der Waals surface area contributed by atoms with Gasteiger partial charge in [-0.2, -0.15) is 0 Å². The van der Waals surface area contributed by atoms with E-state index in [1.165, 1.54) is 5.56 Å².